The molecule has 0 amide bonds. The first-order valence-electron chi connectivity index (χ1n) is 7.98. The van der Waals surface area contributed by atoms with Crippen LogP contribution in [0, 0.1) is 0 Å². The van der Waals surface area contributed by atoms with Crippen molar-refractivity contribution < 1.29 is 4.74 Å². The fraction of sp³-hybridized carbons (Fsp3) is 0.0526. The molecule has 3 aromatic heterocycles. The molecule has 0 saturated heterocycles. The lowest BCUT2D eigenvalue weighted by molar-refractivity contribution is 0.306. The van der Waals surface area contributed by atoms with Crippen molar-refractivity contribution in [2.75, 3.05) is 5.32 Å². The smallest absolute Gasteiger partial charge is 0.227 e. The third kappa shape index (κ3) is 4.01. The molecule has 128 valence electrons. The van der Waals surface area contributed by atoms with Crippen molar-refractivity contribution >= 4 is 23.0 Å². The largest absolute Gasteiger partial charge is 0.489 e. The van der Waals surface area contributed by atoms with E-state index in [0.29, 0.717) is 12.6 Å². The monoisotopic (exact) mass is 361 g/mol. The van der Waals surface area contributed by atoms with Gasteiger partial charge in [-0.3, -0.25) is 4.98 Å². The topological polar surface area (TPSA) is 72.8 Å². The number of hydrogen-bond acceptors (Lipinski definition) is 7. The first-order chi connectivity index (χ1) is 12.9. The van der Waals surface area contributed by atoms with Gasteiger partial charge in [-0.25, -0.2) is 15.0 Å². The molecule has 6 nitrogen and oxygen atoms in total. The van der Waals surface area contributed by atoms with Crippen molar-refractivity contribution in [2.45, 2.75) is 6.61 Å². The molecule has 4 aromatic rings. The molecule has 26 heavy (non-hydrogen) atoms. The van der Waals surface area contributed by atoms with Crippen molar-refractivity contribution in [1.82, 2.24) is 19.9 Å². The Morgan fingerprint density at radius 3 is 2.85 bits per heavy atom. The highest BCUT2D eigenvalue weighted by atomic mass is 32.1. The summed E-state index contributed by atoms with van der Waals surface area (Å²) >= 11 is 1.54. The van der Waals surface area contributed by atoms with E-state index in [2.05, 4.69) is 25.3 Å². The minimum atomic E-state index is 0.466. The average Bonchev–Trinajstić information content (AvgIpc) is 3.23. The Kier molecular flexibility index (Phi) is 4.79. The van der Waals surface area contributed by atoms with Gasteiger partial charge in [-0.05, 0) is 24.3 Å². The van der Waals surface area contributed by atoms with Crippen LogP contribution in [0.3, 0.4) is 0 Å². The second-order valence-corrected chi connectivity index (χ2v) is 6.30. The molecule has 0 radical (unpaired) electrons. The normalized spacial score (nSPS) is 10.5. The molecule has 3 heterocycles. The van der Waals surface area contributed by atoms with Crippen LogP contribution in [0.25, 0.3) is 10.7 Å². The maximum atomic E-state index is 5.82. The number of aromatic nitrogens is 4. The molecule has 0 unspecified atom stereocenters. The quantitative estimate of drug-likeness (QED) is 0.551. The van der Waals surface area contributed by atoms with E-state index in [4.69, 9.17) is 4.74 Å². The number of rotatable bonds is 6. The summed E-state index contributed by atoms with van der Waals surface area (Å²) in [5, 5.41) is 6.00. The van der Waals surface area contributed by atoms with Gasteiger partial charge in [0.15, 0.2) is 0 Å². The van der Waals surface area contributed by atoms with Crippen LogP contribution in [-0.2, 0) is 6.61 Å². The maximum Gasteiger partial charge on any atom is 0.227 e. The molecule has 1 aromatic carbocycles. The Balaban J connectivity index is 1.46. The van der Waals surface area contributed by atoms with Gasteiger partial charge in [-0.15, -0.1) is 11.3 Å². The van der Waals surface area contributed by atoms with E-state index in [9.17, 15) is 0 Å². The molecule has 0 saturated carbocycles. The van der Waals surface area contributed by atoms with E-state index in [1.807, 2.05) is 47.8 Å². The Bertz CT molecular complexity index is 976. The predicted molar refractivity (Wildman–Crippen MR) is 101 cm³/mol. The highest BCUT2D eigenvalue weighted by Crippen LogP contribution is 2.23. The van der Waals surface area contributed by atoms with Crippen molar-refractivity contribution in [3.8, 4) is 16.5 Å². The SMILES string of the molecule is c1cncc(COc2cccc(Nc3nccc(-c4nccs4)n3)c2)c1. The molecule has 0 aliphatic heterocycles. The van der Waals surface area contributed by atoms with E-state index < -0.39 is 0 Å². The Hall–Kier alpha value is -3.32. The lowest BCUT2D eigenvalue weighted by atomic mass is 10.3. The lowest BCUT2D eigenvalue weighted by Crippen LogP contribution is -1.99. The van der Waals surface area contributed by atoms with Crippen molar-refractivity contribution in [3.63, 3.8) is 0 Å². The van der Waals surface area contributed by atoms with Gasteiger partial charge >= 0.3 is 0 Å². The maximum absolute atomic E-state index is 5.82. The molecule has 0 aliphatic carbocycles. The van der Waals surface area contributed by atoms with E-state index in [-0.39, 0.29) is 0 Å². The van der Waals surface area contributed by atoms with Gasteiger partial charge in [-0.1, -0.05) is 12.1 Å². The summed E-state index contributed by atoms with van der Waals surface area (Å²) in [5.41, 5.74) is 2.66. The number of hydrogen-bond donors (Lipinski definition) is 1. The average molecular weight is 361 g/mol. The van der Waals surface area contributed by atoms with Crippen LogP contribution in [-0.4, -0.2) is 19.9 Å². The van der Waals surface area contributed by atoms with Gasteiger partial charge in [0, 0.05) is 47.5 Å². The molecular weight excluding hydrogens is 346 g/mol. The lowest BCUT2D eigenvalue weighted by Gasteiger charge is -2.09. The molecule has 0 spiro atoms. The second-order valence-electron chi connectivity index (χ2n) is 5.41. The van der Waals surface area contributed by atoms with Crippen LogP contribution in [0.5, 0.6) is 5.75 Å². The zero-order valence-corrected chi connectivity index (χ0v) is 14.6. The summed E-state index contributed by atoms with van der Waals surface area (Å²) in [6, 6.07) is 13.4. The third-order valence-corrected chi connectivity index (χ3v) is 4.32. The number of ether oxygens (including phenoxy) is 1. The molecule has 0 aliphatic rings. The van der Waals surface area contributed by atoms with Gasteiger partial charge in [0.1, 0.15) is 23.1 Å². The summed E-state index contributed by atoms with van der Waals surface area (Å²) in [5.74, 6) is 1.28. The van der Waals surface area contributed by atoms with Crippen molar-refractivity contribution in [1.29, 1.82) is 0 Å². The van der Waals surface area contributed by atoms with Crippen LogP contribution in [0.15, 0.2) is 72.6 Å². The molecule has 4 rings (SSSR count). The van der Waals surface area contributed by atoms with Crippen molar-refractivity contribution in [2.24, 2.45) is 0 Å². The van der Waals surface area contributed by atoms with Crippen LogP contribution in [0.1, 0.15) is 5.56 Å². The van der Waals surface area contributed by atoms with E-state index in [1.54, 1.807) is 36.1 Å². The second kappa shape index (κ2) is 7.71. The summed E-state index contributed by atoms with van der Waals surface area (Å²) < 4.78 is 5.82. The third-order valence-electron chi connectivity index (χ3n) is 3.53. The number of anilines is 2. The zero-order valence-electron chi connectivity index (χ0n) is 13.7. The fourth-order valence-corrected chi connectivity index (χ4v) is 2.94. The standard InChI is InChI=1S/C19H15N5OS/c1-4-15(11-16(5-1)25-13-14-3-2-7-20-12-14)23-19-22-8-6-17(24-19)18-21-9-10-26-18/h1-12H,13H2,(H,22,23,24). The van der Waals surface area contributed by atoms with E-state index in [1.165, 1.54) is 0 Å². The van der Waals surface area contributed by atoms with Gasteiger partial charge in [0.2, 0.25) is 5.95 Å². The Morgan fingerprint density at radius 2 is 2.00 bits per heavy atom. The Labute approximate surface area is 154 Å². The number of nitrogens with one attached hydrogen (secondary N) is 1. The highest BCUT2D eigenvalue weighted by molar-refractivity contribution is 7.13. The molecule has 0 bridgehead atoms. The van der Waals surface area contributed by atoms with Crippen LogP contribution in [0.4, 0.5) is 11.6 Å². The van der Waals surface area contributed by atoms with Gasteiger partial charge in [-0.2, -0.15) is 0 Å². The first kappa shape index (κ1) is 16.2. The van der Waals surface area contributed by atoms with Crippen LogP contribution < -0.4 is 10.1 Å². The van der Waals surface area contributed by atoms with Gasteiger partial charge < -0.3 is 10.1 Å². The Morgan fingerprint density at radius 1 is 1.00 bits per heavy atom. The predicted octanol–water partition coefficient (Wildman–Crippen LogP) is 4.32. The molecular formula is C19H15N5OS. The number of benzene rings is 1. The zero-order chi connectivity index (χ0) is 17.6. The number of thiazole rings is 1. The molecule has 1 N–H and O–H groups in total. The number of pyridine rings is 1. The summed E-state index contributed by atoms with van der Waals surface area (Å²) in [6.45, 7) is 0.466. The summed E-state index contributed by atoms with van der Waals surface area (Å²) in [4.78, 5) is 17.1. The van der Waals surface area contributed by atoms with E-state index in [0.717, 1.165) is 27.7 Å². The van der Waals surface area contributed by atoms with Crippen LogP contribution in [0.2, 0.25) is 0 Å². The van der Waals surface area contributed by atoms with E-state index >= 15 is 0 Å². The van der Waals surface area contributed by atoms with Gasteiger partial charge in [0.25, 0.3) is 0 Å². The molecule has 0 fully saturated rings. The minimum absolute atomic E-state index is 0.466. The highest BCUT2D eigenvalue weighted by Gasteiger charge is 2.05. The molecule has 0 atom stereocenters. The van der Waals surface area contributed by atoms with Crippen LogP contribution >= 0.6 is 11.3 Å². The van der Waals surface area contributed by atoms with Crippen molar-refractivity contribution in [3.05, 3.63) is 78.2 Å². The minimum Gasteiger partial charge on any atom is -0.489 e. The summed E-state index contributed by atoms with van der Waals surface area (Å²) in [7, 11) is 0. The molecule has 7 heteroatoms. The fourth-order valence-electron chi connectivity index (χ4n) is 2.33. The summed E-state index contributed by atoms with van der Waals surface area (Å²) in [6.07, 6.45) is 7.01. The number of nitrogens with zero attached hydrogens (tertiary/aromatic N) is 4. The first-order valence-corrected chi connectivity index (χ1v) is 8.86. The van der Waals surface area contributed by atoms with Gasteiger partial charge in [0.05, 0.1) is 0 Å².